The van der Waals surface area contributed by atoms with E-state index in [2.05, 4.69) is 34.9 Å². The molecule has 0 radical (unpaired) electrons. The number of nitrogens with two attached hydrogens (primary N) is 1. The summed E-state index contributed by atoms with van der Waals surface area (Å²) in [5, 5.41) is 14.8. The molecule has 1 aromatic carbocycles. The summed E-state index contributed by atoms with van der Waals surface area (Å²) >= 11 is 0. The fourth-order valence-electron chi connectivity index (χ4n) is 5.69. The minimum Gasteiger partial charge on any atom is -0.405 e. The van der Waals surface area contributed by atoms with Gasteiger partial charge in [-0.3, -0.25) is 25.0 Å². The van der Waals surface area contributed by atoms with Crippen molar-refractivity contribution in [1.82, 2.24) is 24.8 Å². The zero-order chi connectivity index (χ0) is 31.8. The van der Waals surface area contributed by atoms with Gasteiger partial charge in [-0.25, -0.2) is 4.98 Å². The van der Waals surface area contributed by atoms with E-state index in [1.54, 1.807) is 18.5 Å². The molecule has 11 nitrogen and oxygen atoms in total. The van der Waals surface area contributed by atoms with Gasteiger partial charge in [0, 0.05) is 43.6 Å². The number of hydrogen-bond acceptors (Lipinski definition) is 10. The highest BCUT2D eigenvalue weighted by atomic mass is 19.4. The first-order chi connectivity index (χ1) is 21.6. The largest absolute Gasteiger partial charge is 0.573 e. The summed E-state index contributed by atoms with van der Waals surface area (Å²) in [6.07, 6.45) is 2.41. The maximum absolute atomic E-state index is 12.8. The molecule has 0 bridgehead atoms. The van der Waals surface area contributed by atoms with Crippen molar-refractivity contribution in [3.05, 3.63) is 106 Å². The average Bonchev–Trinajstić information content (AvgIpc) is 3.01. The molecule has 0 amide bonds. The molecule has 14 heteroatoms. The number of aromatic nitrogens is 4. The summed E-state index contributed by atoms with van der Waals surface area (Å²) in [7, 11) is 0. The monoisotopic (exact) mass is 622 g/mol. The van der Waals surface area contributed by atoms with Crippen LogP contribution in [0.1, 0.15) is 48.3 Å². The highest BCUT2D eigenvalue weighted by Gasteiger charge is 2.33. The third-order valence-electron chi connectivity index (χ3n) is 7.80. The molecular formula is C31H33F3N8O3. The zero-order valence-corrected chi connectivity index (χ0v) is 24.4. The van der Waals surface area contributed by atoms with Crippen molar-refractivity contribution < 1.29 is 22.8 Å². The first-order valence-electron chi connectivity index (χ1n) is 14.6. The molecule has 3 N–H and O–H groups in total. The van der Waals surface area contributed by atoms with Gasteiger partial charge in [0.1, 0.15) is 11.4 Å². The van der Waals surface area contributed by atoms with Gasteiger partial charge in [-0.2, -0.15) is 4.98 Å². The lowest BCUT2D eigenvalue weighted by Gasteiger charge is -2.36. The Hall–Kier alpha value is -4.85. The fourth-order valence-corrected chi connectivity index (χ4v) is 5.69. The van der Waals surface area contributed by atoms with Crippen molar-refractivity contribution in [3.8, 4) is 5.75 Å². The third kappa shape index (κ3) is 8.85. The SMILES string of the molecule is Nc1nc(NCc2ccccc2OC(F)(F)F)nc(C[C@H]2CC[C@H](N(Cc3ccccn3)Cc3ccccn3)CC2)c1[N+](=O)[O-]. The maximum Gasteiger partial charge on any atom is 0.573 e. The molecule has 3 heterocycles. The number of hydrogen-bond donors (Lipinski definition) is 2. The van der Waals surface area contributed by atoms with Crippen LogP contribution in [-0.2, 0) is 26.1 Å². The molecule has 5 rings (SSSR count). The van der Waals surface area contributed by atoms with Crippen LogP contribution in [0.25, 0.3) is 0 Å². The molecule has 0 aliphatic heterocycles. The Morgan fingerprint density at radius 1 is 0.933 bits per heavy atom. The molecule has 4 aromatic rings. The summed E-state index contributed by atoms with van der Waals surface area (Å²) < 4.78 is 42.6. The summed E-state index contributed by atoms with van der Waals surface area (Å²) in [6, 6.07) is 17.7. The minimum absolute atomic E-state index is 0.0134. The number of para-hydroxylation sites is 1. The number of nitrogens with zero attached hydrogens (tertiary/aromatic N) is 6. The second-order valence-corrected chi connectivity index (χ2v) is 10.9. The van der Waals surface area contributed by atoms with Crippen molar-refractivity contribution >= 4 is 17.5 Å². The van der Waals surface area contributed by atoms with Crippen molar-refractivity contribution in [2.45, 2.75) is 64.1 Å². The Balaban J connectivity index is 1.27. The molecule has 0 spiro atoms. The lowest BCUT2D eigenvalue weighted by Crippen LogP contribution is -2.38. The van der Waals surface area contributed by atoms with Gasteiger partial charge in [0.05, 0.1) is 16.3 Å². The van der Waals surface area contributed by atoms with Crippen molar-refractivity contribution in [2.75, 3.05) is 11.1 Å². The predicted molar refractivity (Wildman–Crippen MR) is 161 cm³/mol. The first kappa shape index (κ1) is 31.6. The van der Waals surface area contributed by atoms with Crippen LogP contribution in [0.2, 0.25) is 0 Å². The van der Waals surface area contributed by atoms with Crippen LogP contribution in [-0.4, -0.2) is 42.2 Å². The van der Waals surface area contributed by atoms with Crippen LogP contribution >= 0.6 is 0 Å². The standard InChI is InChI=1S/C31H33F3N8O3/c32-31(33,34)45-27-10-2-1-7-22(27)18-38-30-39-26(28(42(43)44)29(35)40-30)17-21-11-13-25(14-12-21)41(19-23-8-3-5-15-36-23)20-24-9-4-6-16-37-24/h1-10,15-16,21,25H,11-14,17-20H2,(H3,35,38,39,40)/t21-,25-. The highest BCUT2D eigenvalue weighted by molar-refractivity contribution is 5.58. The Labute approximate surface area is 257 Å². The second kappa shape index (κ2) is 14.3. The van der Waals surface area contributed by atoms with Crippen LogP contribution in [0.3, 0.4) is 0 Å². The van der Waals surface area contributed by atoms with Gasteiger partial charge in [0.2, 0.25) is 11.8 Å². The molecule has 0 atom stereocenters. The third-order valence-corrected chi connectivity index (χ3v) is 7.80. The molecule has 0 unspecified atom stereocenters. The molecule has 1 fully saturated rings. The topological polar surface area (TPSA) is 145 Å². The highest BCUT2D eigenvalue weighted by Crippen LogP contribution is 2.35. The van der Waals surface area contributed by atoms with Crippen LogP contribution in [0, 0.1) is 16.0 Å². The quantitative estimate of drug-likeness (QED) is 0.141. The van der Waals surface area contributed by atoms with Gasteiger partial charge in [0.15, 0.2) is 0 Å². The lowest BCUT2D eigenvalue weighted by molar-refractivity contribution is -0.385. The summed E-state index contributed by atoms with van der Waals surface area (Å²) in [4.78, 5) is 31.2. The second-order valence-electron chi connectivity index (χ2n) is 10.9. The number of benzene rings is 1. The van der Waals surface area contributed by atoms with Crippen LogP contribution in [0.15, 0.2) is 73.1 Å². The number of halogens is 3. The number of anilines is 2. The van der Waals surface area contributed by atoms with Gasteiger partial charge in [0.25, 0.3) is 0 Å². The molecule has 45 heavy (non-hydrogen) atoms. The van der Waals surface area contributed by atoms with Gasteiger partial charge in [-0.1, -0.05) is 30.3 Å². The number of alkyl halides is 3. The normalized spacial score (nSPS) is 16.8. The summed E-state index contributed by atoms with van der Waals surface area (Å²) in [5.41, 5.74) is 7.97. The van der Waals surface area contributed by atoms with E-state index in [1.807, 2.05) is 36.4 Å². The van der Waals surface area contributed by atoms with E-state index in [0.717, 1.165) is 37.1 Å². The fraction of sp³-hybridized carbons (Fsp3) is 0.355. The average molecular weight is 623 g/mol. The Morgan fingerprint density at radius 2 is 1.56 bits per heavy atom. The van der Waals surface area contributed by atoms with E-state index in [0.29, 0.717) is 19.5 Å². The van der Waals surface area contributed by atoms with Gasteiger partial charge in [-0.15, -0.1) is 13.2 Å². The lowest BCUT2D eigenvalue weighted by atomic mass is 9.82. The number of rotatable bonds is 12. The van der Waals surface area contributed by atoms with E-state index in [9.17, 15) is 23.3 Å². The van der Waals surface area contributed by atoms with Crippen LogP contribution < -0.4 is 15.8 Å². The van der Waals surface area contributed by atoms with Crippen molar-refractivity contribution in [3.63, 3.8) is 0 Å². The number of pyridine rings is 2. The van der Waals surface area contributed by atoms with E-state index >= 15 is 0 Å². The minimum atomic E-state index is -4.86. The molecule has 1 aliphatic carbocycles. The van der Waals surface area contributed by atoms with Gasteiger partial charge >= 0.3 is 12.0 Å². The molecule has 1 saturated carbocycles. The number of nitrogen functional groups attached to an aromatic ring is 1. The van der Waals surface area contributed by atoms with Crippen LogP contribution in [0.4, 0.5) is 30.6 Å². The Morgan fingerprint density at radius 3 is 2.13 bits per heavy atom. The van der Waals surface area contributed by atoms with E-state index < -0.39 is 11.3 Å². The number of ether oxygens (including phenoxy) is 1. The summed E-state index contributed by atoms with van der Waals surface area (Å²) in [6.45, 7) is 1.23. The molecular weight excluding hydrogens is 589 g/mol. The van der Waals surface area contributed by atoms with E-state index in [4.69, 9.17) is 5.73 Å². The number of nitro groups is 1. The summed E-state index contributed by atoms with van der Waals surface area (Å²) in [5.74, 6) is -0.572. The number of nitrogens with one attached hydrogen (secondary N) is 1. The van der Waals surface area contributed by atoms with Gasteiger partial charge < -0.3 is 15.8 Å². The maximum atomic E-state index is 12.8. The molecule has 3 aromatic heterocycles. The Bertz CT molecular complexity index is 1530. The Kier molecular flexibility index (Phi) is 10.0. The van der Waals surface area contributed by atoms with E-state index in [1.165, 1.54) is 18.2 Å². The van der Waals surface area contributed by atoms with Crippen molar-refractivity contribution in [2.24, 2.45) is 5.92 Å². The first-order valence-corrected chi connectivity index (χ1v) is 14.6. The molecule has 1 aliphatic rings. The predicted octanol–water partition coefficient (Wildman–Crippen LogP) is 6.07. The van der Waals surface area contributed by atoms with E-state index in [-0.39, 0.29) is 53.0 Å². The van der Waals surface area contributed by atoms with Gasteiger partial charge in [-0.05, 0) is 68.4 Å². The molecule has 0 saturated heterocycles. The zero-order valence-electron chi connectivity index (χ0n) is 24.4. The molecule has 236 valence electrons. The van der Waals surface area contributed by atoms with Crippen LogP contribution in [0.5, 0.6) is 5.75 Å². The van der Waals surface area contributed by atoms with Crippen molar-refractivity contribution in [1.29, 1.82) is 0 Å². The smallest absolute Gasteiger partial charge is 0.405 e.